The number of carbonyl (C=O) groups excluding carboxylic acids is 2. The number of carbonyl (C=O) groups is 2. The van der Waals surface area contributed by atoms with Gasteiger partial charge in [-0.15, -0.1) is 0 Å². The van der Waals surface area contributed by atoms with Gasteiger partial charge in [0.25, 0.3) is 0 Å². The average Bonchev–Trinajstić information content (AvgIpc) is 2.74. The minimum atomic E-state index is -0.454. The Labute approximate surface area is 182 Å². The van der Waals surface area contributed by atoms with E-state index in [4.69, 9.17) is 23.2 Å². The molecule has 0 aliphatic heterocycles. The molecular formula is C24H25Cl2NO2. The second kappa shape index (κ2) is 9.71. The molecule has 1 unspecified atom stereocenters. The van der Waals surface area contributed by atoms with Crippen LogP contribution in [0.2, 0.25) is 10.0 Å². The van der Waals surface area contributed by atoms with E-state index in [1.54, 1.807) is 48.5 Å². The zero-order valence-electron chi connectivity index (χ0n) is 16.6. The Kier molecular flexibility index (Phi) is 7.28. The number of likely N-dealkylation sites (N-methyl/N-ethyl adjacent to an activating group) is 1. The molecule has 0 saturated carbocycles. The van der Waals surface area contributed by atoms with Crippen LogP contribution in [0, 0.1) is 11.8 Å². The van der Waals surface area contributed by atoms with Crippen molar-refractivity contribution in [1.82, 2.24) is 4.90 Å². The zero-order chi connectivity index (χ0) is 21.0. The van der Waals surface area contributed by atoms with Gasteiger partial charge in [-0.25, -0.2) is 0 Å². The summed E-state index contributed by atoms with van der Waals surface area (Å²) in [4.78, 5) is 29.2. The normalized spacial score (nSPS) is 21.3. The van der Waals surface area contributed by atoms with Gasteiger partial charge in [-0.2, -0.15) is 0 Å². The third-order valence-electron chi connectivity index (χ3n) is 5.66. The average molecular weight is 430 g/mol. The van der Waals surface area contributed by atoms with E-state index in [9.17, 15) is 9.59 Å². The Morgan fingerprint density at radius 2 is 1.34 bits per heavy atom. The van der Waals surface area contributed by atoms with Crippen LogP contribution in [0.5, 0.6) is 0 Å². The summed E-state index contributed by atoms with van der Waals surface area (Å²) in [5.41, 5.74) is 1.17. The maximum atomic E-state index is 13.6. The van der Waals surface area contributed by atoms with Gasteiger partial charge < -0.3 is 0 Å². The van der Waals surface area contributed by atoms with Crippen LogP contribution >= 0.6 is 23.2 Å². The highest BCUT2D eigenvalue weighted by Gasteiger charge is 2.42. The first-order valence-corrected chi connectivity index (χ1v) is 10.7. The lowest BCUT2D eigenvalue weighted by Crippen LogP contribution is -2.48. The molecule has 3 rings (SSSR count). The fourth-order valence-corrected chi connectivity index (χ4v) is 4.36. The van der Waals surface area contributed by atoms with E-state index >= 15 is 0 Å². The molecule has 5 heteroatoms. The molecule has 0 fully saturated rings. The van der Waals surface area contributed by atoms with Crippen LogP contribution in [0.1, 0.15) is 41.0 Å². The van der Waals surface area contributed by atoms with E-state index in [-0.39, 0.29) is 17.6 Å². The number of allylic oxidation sites excluding steroid dienone is 1. The predicted molar refractivity (Wildman–Crippen MR) is 119 cm³/mol. The fraction of sp³-hybridized carbons (Fsp3) is 0.333. The van der Waals surface area contributed by atoms with Crippen LogP contribution in [0.4, 0.5) is 0 Å². The molecule has 29 heavy (non-hydrogen) atoms. The van der Waals surface area contributed by atoms with Crippen LogP contribution < -0.4 is 0 Å². The standard InChI is InChI=1S/C24H25Cl2NO2/c1-3-27(4-2)21-7-5-6-20(23(28)16-8-12-18(25)13-9-16)22(21)24(29)17-10-14-19(26)15-11-17/h5,7-15,20-22H,3-4,6H2,1-2H3/t20-,21?,22+/m1/s1. The number of hydrogen-bond acceptors (Lipinski definition) is 3. The molecule has 0 amide bonds. The van der Waals surface area contributed by atoms with Crippen LogP contribution in [-0.4, -0.2) is 35.6 Å². The Morgan fingerprint density at radius 1 is 0.862 bits per heavy atom. The van der Waals surface area contributed by atoms with Crippen molar-refractivity contribution >= 4 is 34.8 Å². The lowest BCUT2D eigenvalue weighted by atomic mass is 9.72. The van der Waals surface area contributed by atoms with Crippen LogP contribution in [0.25, 0.3) is 0 Å². The quantitative estimate of drug-likeness (QED) is 0.402. The van der Waals surface area contributed by atoms with Crippen molar-refractivity contribution in [3.05, 3.63) is 81.9 Å². The van der Waals surface area contributed by atoms with E-state index < -0.39 is 11.8 Å². The Balaban J connectivity index is 2.01. The highest BCUT2D eigenvalue weighted by Crippen LogP contribution is 2.35. The van der Waals surface area contributed by atoms with Gasteiger partial charge in [-0.3, -0.25) is 14.5 Å². The SMILES string of the molecule is CCN(CC)C1C=CC[C@@H](C(=O)c2ccc(Cl)cc2)[C@@H]1C(=O)c1ccc(Cl)cc1. The van der Waals surface area contributed by atoms with Crippen molar-refractivity contribution in [2.45, 2.75) is 26.3 Å². The topological polar surface area (TPSA) is 37.4 Å². The lowest BCUT2D eigenvalue weighted by Gasteiger charge is -2.39. The van der Waals surface area contributed by atoms with Gasteiger partial charge in [0.2, 0.25) is 0 Å². The number of nitrogens with zero attached hydrogens (tertiary/aromatic N) is 1. The van der Waals surface area contributed by atoms with Gasteiger partial charge >= 0.3 is 0 Å². The lowest BCUT2D eigenvalue weighted by molar-refractivity contribution is 0.0639. The van der Waals surface area contributed by atoms with E-state index in [0.717, 1.165) is 13.1 Å². The molecule has 0 heterocycles. The number of benzene rings is 2. The molecule has 3 nitrogen and oxygen atoms in total. The smallest absolute Gasteiger partial charge is 0.168 e. The van der Waals surface area contributed by atoms with Crippen molar-refractivity contribution in [2.24, 2.45) is 11.8 Å². The first-order chi connectivity index (χ1) is 14.0. The summed E-state index contributed by atoms with van der Waals surface area (Å²) < 4.78 is 0. The summed E-state index contributed by atoms with van der Waals surface area (Å²) in [5.74, 6) is -0.912. The summed E-state index contributed by atoms with van der Waals surface area (Å²) in [6.07, 6.45) is 4.66. The van der Waals surface area contributed by atoms with Crippen molar-refractivity contribution in [2.75, 3.05) is 13.1 Å². The summed E-state index contributed by atoms with van der Waals surface area (Å²) in [5, 5.41) is 1.17. The van der Waals surface area contributed by atoms with Gasteiger partial charge in [-0.05, 0) is 68.0 Å². The third kappa shape index (κ3) is 4.80. The molecule has 2 aromatic carbocycles. The first-order valence-electron chi connectivity index (χ1n) is 9.96. The Hall–Kier alpha value is -1.94. The Morgan fingerprint density at radius 3 is 1.83 bits per heavy atom. The molecule has 0 aromatic heterocycles. The van der Waals surface area contributed by atoms with Crippen LogP contribution in [-0.2, 0) is 0 Å². The number of hydrogen-bond donors (Lipinski definition) is 0. The predicted octanol–water partition coefficient (Wildman–Crippen LogP) is 5.96. The molecule has 0 spiro atoms. The summed E-state index contributed by atoms with van der Waals surface area (Å²) >= 11 is 12.0. The highest BCUT2D eigenvalue weighted by molar-refractivity contribution is 6.31. The number of rotatable bonds is 7. The van der Waals surface area contributed by atoms with Crippen molar-refractivity contribution in [3.63, 3.8) is 0 Å². The third-order valence-corrected chi connectivity index (χ3v) is 6.16. The molecule has 0 radical (unpaired) electrons. The second-order valence-corrected chi connectivity index (χ2v) is 8.12. The summed E-state index contributed by atoms with van der Waals surface area (Å²) in [6.45, 7) is 5.76. The zero-order valence-corrected chi connectivity index (χ0v) is 18.2. The monoisotopic (exact) mass is 429 g/mol. The maximum Gasteiger partial charge on any atom is 0.168 e. The minimum absolute atomic E-state index is 0.0181. The van der Waals surface area contributed by atoms with Crippen LogP contribution in [0.3, 0.4) is 0 Å². The van der Waals surface area contributed by atoms with E-state index in [1.807, 2.05) is 6.08 Å². The molecule has 152 valence electrons. The van der Waals surface area contributed by atoms with Crippen molar-refractivity contribution in [3.8, 4) is 0 Å². The number of Topliss-reactive ketones (excluding diaryl/α,β-unsaturated/α-hetero) is 2. The van der Waals surface area contributed by atoms with Crippen molar-refractivity contribution < 1.29 is 9.59 Å². The Bertz CT molecular complexity index is 886. The van der Waals surface area contributed by atoms with Gasteiger partial charge in [0.05, 0.1) is 5.92 Å². The molecule has 0 saturated heterocycles. The minimum Gasteiger partial charge on any atom is -0.297 e. The summed E-state index contributed by atoms with van der Waals surface area (Å²) in [6, 6.07) is 13.7. The maximum absolute atomic E-state index is 13.6. The highest BCUT2D eigenvalue weighted by atomic mass is 35.5. The molecular weight excluding hydrogens is 405 g/mol. The van der Waals surface area contributed by atoms with E-state index in [2.05, 4.69) is 24.8 Å². The largest absolute Gasteiger partial charge is 0.297 e. The molecule has 2 aromatic rings. The van der Waals surface area contributed by atoms with E-state index in [0.29, 0.717) is 27.6 Å². The summed E-state index contributed by atoms with van der Waals surface area (Å²) in [7, 11) is 0. The van der Waals surface area contributed by atoms with Crippen molar-refractivity contribution in [1.29, 1.82) is 0 Å². The number of halogens is 2. The van der Waals surface area contributed by atoms with Crippen LogP contribution in [0.15, 0.2) is 60.7 Å². The first kappa shape index (κ1) is 21.8. The second-order valence-electron chi connectivity index (χ2n) is 7.25. The van der Waals surface area contributed by atoms with Gasteiger partial charge in [0, 0.05) is 33.1 Å². The number of ketones is 2. The molecule has 0 bridgehead atoms. The van der Waals surface area contributed by atoms with Gasteiger partial charge in [0.15, 0.2) is 11.6 Å². The van der Waals surface area contributed by atoms with Gasteiger partial charge in [-0.1, -0.05) is 49.2 Å². The molecule has 3 atom stereocenters. The molecule has 1 aliphatic rings. The van der Waals surface area contributed by atoms with E-state index in [1.165, 1.54) is 0 Å². The molecule has 0 N–H and O–H groups in total. The molecule has 1 aliphatic carbocycles. The van der Waals surface area contributed by atoms with Gasteiger partial charge in [0.1, 0.15) is 0 Å². The fourth-order valence-electron chi connectivity index (χ4n) is 4.11.